The van der Waals surface area contributed by atoms with Crippen molar-refractivity contribution in [3.8, 4) is 5.75 Å². The van der Waals surface area contributed by atoms with Crippen molar-refractivity contribution in [3.05, 3.63) is 30.6 Å². The molecule has 27 heavy (non-hydrogen) atoms. The predicted molar refractivity (Wildman–Crippen MR) is 109 cm³/mol. The number of ether oxygens (including phenoxy) is 2. The maximum absolute atomic E-state index is 6.32. The van der Waals surface area contributed by atoms with Crippen LogP contribution in [0.25, 0.3) is 0 Å². The number of nitrogens with one attached hydrogen (secondary N) is 1. The molecule has 0 unspecified atom stereocenters. The van der Waals surface area contributed by atoms with Gasteiger partial charge in [-0.3, -0.25) is 0 Å². The van der Waals surface area contributed by atoms with Gasteiger partial charge in [-0.2, -0.15) is 0 Å². The summed E-state index contributed by atoms with van der Waals surface area (Å²) in [5, 5.41) is 3.27. The van der Waals surface area contributed by atoms with Gasteiger partial charge in [0.2, 0.25) is 0 Å². The number of piperazine rings is 1. The molecule has 0 atom stereocenters. The lowest BCUT2D eigenvalue weighted by Gasteiger charge is -2.37. The Morgan fingerprint density at radius 1 is 1.04 bits per heavy atom. The average Bonchev–Trinajstić information content (AvgIpc) is 2.72. The molecule has 1 aromatic heterocycles. The van der Waals surface area contributed by atoms with Crippen LogP contribution < -0.4 is 25.6 Å². The van der Waals surface area contributed by atoms with Crippen LogP contribution in [0.1, 0.15) is 6.42 Å². The van der Waals surface area contributed by atoms with E-state index in [4.69, 9.17) is 15.2 Å². The molecule has 3 N–H and O–H groups in total. The quantitative estimate of drug-likeness (QED) is 0.679. The van der Waals surface area contributed by atoms with E-state index < -0.39 is 0 Å². The Labute approximate surface area is 160 Å². The number of anilines is 4. The van der Waals surface area contributed by atoms with E-state index in [2.05, 4.69) is 37.2 Å². The van der Waals surface area contributed by atoms with Gasteiger partial charge in [0.1, 0.15) is 17.8 Å². The molecule has 1 aliphatic heterocycles. The maximum atomic E-state index is 6.32. The summed E-state index contributed by atoms with van der Waals surface area (Å²) in [7, 11) is 3.38. The van der Waals surface area contributed by atoms with Crippen LogP contribution in [-0.2, 0) is 4.74 Å². The van der Waals surface area contributed by atoms with Gasteiger partial charge in [-0.15, -0.1) is 0 Å². The van der Waals surface area contributed by atoms with Crippen molar-refractivity contribution in [3.63, 3.8) is 0 Å². The second-order valence-electron chi connectivity index (χ2n) is 6.40. The van der Waals surface area contributed by atoms with Gasteiger partial charge in [0, 0.05) is 52.1 Å². The molecule has 2 aromatic rings. The lowest BCUT2D eigenvalue weighted by molar-refractivity contribution is 0.198. The van der Waals surface area contributed by atoms with Crippen LogP contribution in [-0.4, -0.2) is 63.5 Å². The minimum Gasteiger partial charge on any atom is -0.497 e. The van der Waals surface area contributed by atoms with Gasteiger partial charge in [0.25, 0.3) is 0 Å². The van der Waals surface area contributed by atoms with Gasteiger partial charge in [0.05, 0.1) is 7.11 Å². The van der Waals surface area contributed by atoms with E-state index in [0.717, 1.165) is 50.7 Å². The number of rotatable bonds is 8. The summed E-state index contributed by atoms with van der Waals surface area (Å²) in [6.07, 6.45) is 2.47. The molecule has 0 radical (unpaired) electrons. The number of nitrogens with zero attached hydrogens (tertiary/aromatic N) is 4. The van der Waals surface area contributed by atoms with Crippen LogP contribution in [0.4, 0.5) is 23.0 Å². The van der Waals surface area contributed by atoms with Gasteiger partial charge < -0.3 is 30.3 Å². The normalized spacial score (nSPS) is 14.3. The summed E-state index contributed by atoms with van der Waals surface area (Å²) in [6, 6.07) is 8.17. The Kier molecular flexibility index (Phi) is 6.54. The van der Waals surface area contributed by atoms with Crippen molar-refractivity contribution in [2.24, 2.45) is 0 Å². The minimum atomic E-state index is 0.604. The van der Waals surface area contributed by atoms with Gasteiger partial charge >= 0.3 is 0 Å². The van der Waals surface area contributed by atoms with E-state index in [1.165, 1.54) is 5.69 Å². The molecule has 0 bridgehead atoms. The molecule has 8 heteroatoms. The Morgan fingerprint density at radius 2 is 1.74 bits per heavy atom. The number of methoxy groups -OCH3 is 2. The zero-order valence-corrected chi connectivity index (χ0v) is 16.0. The Hall–Kier alpha value is -2.74. The molecule has 0 spiro atoms. The molecular formula is C19H28N6O2. The Morgan fingerprint density at radius 3 is 2.41 bits per heavy atom. The van der Waals surface area contributed by atoms with Crippen molar-refractivity contribution in [1.29, 1.82) is 0 Å². The monoisotopic (exact) mass is 372 g/mol. The Bertz CT molecular complexity index is 717. The predicted octanol–water partition coefficient (Wildman–Crippen LogP) is 1.84. The summed E-state index contributed by atoms with van der Waals surface area (Å²) >= 11 is 0. The molecular weight excluding hydrogens is 344 g/mol. The van der Waals surface area contributed by atoms with Crippen molar-refractivity contribution < 1.29 is 9.47 Å². The molecule has 1 saturated heterocycles. The molecule has 0 amide bonds. The largest absolute Gasteiger partial charge is 0.497 e. The molecule has 8 nitrogen and oxygen atoms in total. The summed E-state index contributed by atoms with van der Waals surface area (Å²) < 4.78 is 10.3. The first kappa shape index (κ1) is 19.0. The summed E-state index contributed by atoms with van der Waals surface area (Å²) in [6.45, 7) is 5.00. The van der Waals surface area contributed by atoms with Crippen LogP contribution >= 0.6 is 0 Å². The van der Waals surface area contributed by atoms with E-state index in [1.54, 1.807) is 20.5 Å². The fourth-order valence-corrected chi connectivity index (χ4v) is 3.17. The summed E-state index contributed by atoms with van der Waals surface area (Å²) in [5.41, 5.74) is 8.12. The lowest BCUT2D eigenvalue weighted by Crippen LogP contribution is -2.47. The number of nitrogen functional groups attached to an aromatic ring is 1. The van der Waals surface area contributed by atoms with Crippen LogP contribution in [0.3, 0.4) is 0 Å². The standard InChI is InChI=1S/C19H28N6O2/c1-26-13-3-8-21-18-17(20)19(23-14-22-18)25-11-9-24(10-12-25)15-4-6-16(27-2)7-5-15/h4-7,14H,3,8-13,20H2,1-2H3,(H,21,22,23). The van der Waals surface area contributed by atoms with E-state index in [0.29, 0.717) is 18.1 Å². The van der Waals surface area contributed by atoms with E-state index in [-0.39, 0.29) is 0 Å². The van der Waals surface area contributed by atoms with E-state index >= 15 is 0 Å². The van der Waals surface area contributed by atoms with Crippen molar-refractivity contribution in [2.45, 2.75) is 6.42 Å². The number of hydrogen-bond donors (Lipinski definition) is 2. The first-order valence-electron chi connectivity index (χ1n) is 9.20. The molecule has 1 aliphatic rings. The third kappa shape index (κ3) is 4.71. The van der Waals surface area contributed by atoms with Gasteiger partial charge in [-0.1, -0.05) is 0 Å². The van der Waals surface area contributed by atoms with Crippen molar-refractivity contribution in [1.82, 2.24) is 9.97 Å². The van der Waals surface area contributed by atoms with E-state index in [1.807, 2.05) is 12.1 Å². The molecule has 1 aromatic carbocycles. The SMILES string of the molecule is COCCCNc1ncnc(N2CCN(c3ccc(OC)cc3)CC2)c1N. The number of benzene rings is 1. The highest BCUT2D eigenvalue weighted by molar-refractivity contribution is 5.75. The van der Waals surface area contributed by atoms with Gasteiger partial charge in [0.15, 0.2) is 11.6 Å². The second-order valence-corrected chi connectivity index (χ2v) is 6.40. The number of aromatic nitrogens is 2. The summed E-state index contributed by atoms with van der Waals surface area (Å²) in [5.74, 6) is 2.36. The van der Waals surface area contributed by atoms with Crippen LogP contribution in [0.15, 0.2) is 30.6 Å². The van der Waals surface area contributed by atoms with Gasteiger partial charge in [-0.05, 0) is 30.7 Å². The van der Waals surface area contributed by atoms with Crippen molar-refractivity contribution in [2.75, 3.05) is 74.4 Å². The lowest BCUT2D eigenvalue weighted by atomic mass is 10.2. The third-order valence-electron chi connectivity index (χ3n) is 4.70. The molecule has 0 saturated carbocycles. The minimum absolute atomic E-state index is 0.604. The molecule has 3 rings (SSSR count). The number of nitrogens with two attached hydrogens (primary N) is 1. The molecule has 2 heterocycles. The Balaban J connectivity index is 1.60. The highest BCUT2D eigenvalue weighted by atomic mass is 16.5. The smallest absolute Gasteiger partial charge is 0.157 e. The van der Waals surface area contributed by atoms with E-state index in [9.17, 15) is 0 Å². The second kappa shape index (κ2) is 9.27. The topological polar surface area (TPSA) is 88.8 Å². The maximum Gasteiger partial charge on any atom is 0.157 e. The van der Waals surface area contributed by atoms with Gasteiger partial charge in [-0.25, -0.2) is 9.97 Å². The zero-order chi connectivity index (χ0) is 19.1. The molecule has 146 valence electrons. The molecule has 1 fully saturated rings. The van der Waals surface area contributed by atoms with Crippen molar-refractivity contribution >= 4 is 23.0 Å². The zero-order valence-electron chi connectivity index (χ0n) is 16.0. The summed E-state index contributed by atoms with van der Waals surface area (Å²) in [4.78, 5) is 13.3. The first-order chi connectivity index (χ1) is 13.2. The highest BCUT2D eigenvalue weighted by Crippen LogP contribution is 2.28. The number of hydrogen-bond acceptors (Lipinski definition) is 8. The third-order valence-corrected chi connectivity index (χ3v) is 4.70. The van der Waals surface area contributed by atoms with Crippen LogP contribution in [0, 0.1) is 0 Å². The first-order valence-corrected chi connectivity index (χ1v) is 9.20. The average molecular weight is 372 g/mol. The fraction of sp³-hybridized carbons (Fsp3) is 0.474. The van der Waals surface area contributed by atoms with Crippen LogP contribution in [0.2, 0.25) is 0 Å². The highest BCUT2D eigenvalue weighted by Gasteiger charge is 2.21. The fourth-order valence-electron chi connectivity index (χ4n) is 3.17. The van der Waals surface area contributed by atoms with Crippen LogP contribution in [0.5, 0.6) is 5.75 Å². The molecule has 0 aliphatic carbocycles.